The van der Waals surface area contributed by atoms with Crippen molar-refractivity contribution >= 4 is 5.78 Å². The summed E-state index contributed by atoms with van der Waals surface area (Å²) in [6.07, 6.45) is -7.51. The minimum atomic E-state index is -6.04. The molecule has 1 nitrogen and oxygen atoms in total. The summed E-state index contributed by atoms with van der Waals surface area (Å²) in [7, 11) is 0. The van der Waals surface area contributed by atoms with Gasteiger partial charge in [-0.25, -0.2) is 8.78 Å². The molecule has 1 rings (SSSR count). The Labute approximate surface area is 96.2 Å². The molecule has 0 aromatic heterocycles. The molecule has 0 heterocycles. The fraction of sp³-hybridized carbons (Fsp3) is 0.300. The van der Waals surface area contributed by atoms with Crippen LogP contribution in [0.4, 0.5) is 30.7 Å². The molecule has 0 atom stereocenters. The number of alkyl halides is 5. The van der Waals surface area contributed by atoms with Gasteiger partial charge in [-0.3, -0.25) is 4.79 Å². The summed E-state index contributed by atoms with van der Waals surface area (Å²) >= 11 is 0. The zero-order valence-corrected chi connectivity index (χ0v) is 8.49. The molecule has 0 amide bonds. The summed E-state index contributed by atoms with van der Waals surface area (Å²) in [5.74, 6) is -10.5. The van der Waals surface area contributed by atoms with Gasteiger partial charge in [0.2, 0.25) is 5.78 Å². The quantitative estimate of drug-likeness (QED) is 0.773. The first-order valence-corrected chi connectivity index (χ1v) is 4.47. The topological polar surface area (TPSA) is 17.1 Å². The summed E-state index contributed by atoms with van der Waals surface area (Å²) < 4.78 is 86.0. The Balaban J connectivity index is 2.95. The van der Waals surface area contributed by atoms with Crippen molar-refractivity contribution in [2.45, 2.75) is 18.5 Å². The standard InChI is InChI=1S/C10H5F7O/c11-6-2-1-5(7(12)4-6)3-8(18)9(13,14)10(15,16)17/h1-2,4H,3H2. The molecular weight excluding hydrogens is 269 g/mol. The van der Waals surface area contributed by atoms with Crippen molar-refractivity contribution in [3.05, 3.63) is 35.4 Å². The number of benzene rings is 1. The molecule has 0 fully saturated rings. The predicted octanol–water partition coefficient (Wildman–Crippen LogP) is 3.27. The normalized spacial score (nSPS) is 12.6. The SMILES string of the molecule is O=C(Cc1ccc(F)cc1F)C(F)(F)C(F)(F)F. The van der Waals surface area contributed by atoms with Gasteiger partial charge in [-0.15, -0.1) is 0 Å². The van der Waals surface area contributed by atoms with Gasteiger partial charge in [-0.05, 0) is 11.6 Å². The van der Waals surface area contributed by atoms with Gasteiger partial charge in [0.25, 0.3) is 0 Å². The lowest BCUT2D eigenvalue weighted by atomic mass is 10.0. The van der Waals surface area contributed by atoms with E-state index < -0.39 is 41.5 Å². The largest absolute Gasteiger partial charge is 0.461 e. The number of Topliss-reactive ketones (excluding diaryl/α,β-unsaturated/α-hetero) is 1. The summed E-state index contributed by atoms with van der Waals surface area (Å²) in [6.45, 7) is 0. The predicted molar refractivity (Wildman–Crippen MR) is 46.1 cm³/mol. The van der Waals surface area contributed by atoms with E-state index in [2.05, 4.69) is 0 Å². The van der Waals surface area contributed by atoms with Gasteiger partial charge in [0.1, 0.15) is 11.6 Å². The number of carbonyl (C=O) groups is 1. The van der Waals surface area contributed by atoms with Crippen molar-refractivity contribution in [2.75, 3.05) is 0 Å². The first-order valence-electron chi connectivity index (χ1n) is 4.47. The number of carbonyl (C=O) groups excluding carboxylic acids is 1. The van der Waals surface area contributed by atoms with E-state index in [1.54, 1.807) is 0 Å². The highest BCUT2D eigenvalue weighted by Gasteiger charge is 2.62. The third-order valence-electron chi connectivity index (χ3n) is 2.07. The maximum Gasteiger partial charge on any atom is 0.461 e. The average Bonchev–Trinajstić information content (AvgIpc) is 2.20. The average molecular weight is 274 g/mol. The third kappa shape index (κ3) is 2.80. The highest BCUT2D eigenvalue weighted by molar-refractivity contribution is 5.88. The lowest BCUT2D eigenvalue weighted by molar-refractivity contribution is -0.268. The number of rotatable bonds is 3. The summed E-state index contributed by atoms with van der Waals surface area (Å²) in [4.78, 5) is 10.8. The minimum Gasteiger partial charge on any atom is -0.292 e. The van der Waals surface area contributed by atoms with Gasteiger partial charge in [-0.2, -0.15) is 22.0 Å². The maximum atomic E-state index is 13.0. The Kier molecular flexibility index (Phi) is 3.68. The third-order valence-corrected chi connectivity index (χ3v) is 2.07. The second kappa shape index (κ2) is 4.58. The number of ketones is 1. The Morgan fingerprint density at radius 2 is 1.61 bits per heavy atom. The monoisotopic (exact) mass is 274 g/mol. The summed E-state index contributed by atoms with van der Waals surface area (Å²) in [6, 6.07) is 1.57. The van der Waals surface area contributed by atoms with E-state index in [1.807, 2.05) is 0 Å². The van der Waals surface area contributed by atoms with Gasteiger partial charge >= 0.3 is 12.1 Å². The van der Waals surface area contributed by atoms with Crippen LogP contribution in [-0.2, 0) is 11.2 Å². The van der Waals surface area contributed by atoms with Crippen LogP contribution in [0.1, 0.15) is 5.56 Å². The van der Waals surface area contributed by atoms with Crippen molar-refractivity contribution in [3.8, 4) is 0 Å². The molecule has 18 heavy (non-hydrogen) atoms. The van der Waals surface area contributed by atoms with Crippen LogP contribution in [0.25, 0.3) is 0 Å². The zero-order chi connectivity index (χ0) is 14.1. The van der Waals surface area contributed by atoms with Gasteiger partial charge in [-0.1, -0.05) is 6.07 Å². The number of hydrogen-bond donors (Lipinski definition) is 0. The summed E-state index contributed by atoms with van der Waals surface area (Å²) in [5.41, 5.74) is -0.731. The Morgan fingerprint density at radius 3 is 2.06 bits per heavy atom. The van der Waals surface area contributed by atoms with Crippen LogP contribution >= 0.6 is 0 Å². The highest BCUT2D eigenvalue weighted by Crippen LogP contribution is 2.36. The zero-order valence-electron chi connectivity index (χ0n) is 8.49. The Bertz CT molecular complexity index is 464. The van der Waals surface area contributed by atoms with E-state index in [9.17, 15) is 35.5 Å². The van der Waals surface area contributed by atoms with Crippen molar-refractivity contribution in [3.63, 3.8) is 0 Å². The van der Waals surface area contributed by atoms with Crippen molar-refractivity contribution in [1.82, 2.24) is 0 Å². The van der Waals surface area contributed by atoms with E-state index in [1.165, 1.54) is 0 Å². The van der Waals surface area contributed by atoms with Gasteiger partial charge in [0.05, 0.1) is 0 Å². The van der Waals surface area contributed by atoms with Gasteiger partial charge in [0.15, 0.2) is 0 Å². The molecule has 0 spiro atoms. The molecular formula is C10H5F7O. The van der Waals surface area contributed by atoms with Crippen LogP contribution in [0.5, 0.6) is 0 Å². The minimum absolute atomic E-state index is 0.286. The molecule has 8 heteroatoms. The van der Waals surface area contributed by atoms with E-state index >= 15 is 0 Å². The lowest BCUT2D eigenvalue weighted by Crippen LogP contribution is -2.44. The van der Waals surface area contributed by atoms with E-state index in [4.69, 9.17) is 0 Å². The molecule has 0 saturated heterocycles. The van der Waals surface area contributed by atoms with Crippen molar-refractivity contribution in [1.29, 1.82) is 0 Å². The second-order valence-electron chi connectivity index (χ2n) is 3.41. The molecule has 100 valence electrons. The van der Waals surface area contributed by atoms with Crippen LogP contribution < -0.4 is 0 Å². The molecule has 0 aliphatic heterocycles. The fourth-order valence-electron chi connectivity index (χ4n) is 1.11. The van der Waals surface area contributed by atoms with Crippen molar-refractivity contribution in [2.24, 2.45) is 0 Å². The second-order valence-corrected chi connectivity index (χ2v) is 3.41. The molecule has 0 aliphatic rings. The molecule has 0 radical (unpaired) electrons. The smallest absolute Gasteiger partial charge is 0.292 e. The van der Waals surface area contributed by atoms with Gasteiger partial charge in [0, 0.05) is 12.5 Å². The number of halogens is 7. The Hall–Kier alpha value is -1.60. The molecule has 0 aliphatic carbocycles. The molecule has 1 aromatic carbocycles. The molecule has 0 unspecified atom stereocenters. The van der Waals surface area contributed by atoms with Crippen LogP contribution in [-0.4, -0.2) is 17.9 Å². The van der Waals surface area contributed by atoms with Crippen LogP contribution in [0.2, 0.25) is 0 Å². The van der Waals surface area contributed by atoms with E-state index in [0.29, 0.717) is 12.1 Å². The molecule has 0 N–H and O–H groups in total. The van der Waals surface area contributed by atoms with Crippen molar-refractivity contribution < 1.29 is 35.5 Å². The summed E-state index contributed by atoms with van der Waals surface area (Å²) in [5, 5.41) is 0. The van der Waals surface area contributed by atoms with Crippen LogP contribution in [0, 0.1) is 11.6 Å². The lowest BCUT2D eigenvalue weighted by Gasteiger charge is -2.18. The molecule has 0 bridgehead atoms. The fourth-order valence-corrected chi connectivity index (χ4v) is 1.11. The van der Waals surface area contributed by atoms with Crippen LogP contribution in [0.15, 0.2) is 18.2 Å². The highest BCUT2D eigenvalue weighted by atomic mass is 19.4. The first-order chi connectivity index (χ1) is 8.05. The van der Waals surface area contributed by atoms with Gasteiger partial charge < -0.3 is 0 Å². The number of hydrogen-bond acceptors (Lipinski definition) is 1. The molecule has 1 aromatic rings. The maximum absolute atomic E-state index is 13.0. The van der Waals surface area contributed by atoms with E-state index in [-0.39, 0.29) is 6.07 Å². The molecule has 0 saturated carbocycles. The van der Waals surface area contributed by atoms with E-state index in [0.717, 1.165) is 0 Å². The Morgan fingerprint density at radius 1 is 1.06 bits per heavy atom. The first kappa shape index (κ1) is 14.5. The van der Waals surface area contributed by atoms with Crippen LogP contribution in [0.3, 0.4) is 0 Å².